The van der Waals surface area contributed by atoms with Gasteiger partial charge in [0.05, 0.1) is 11.7 Å². The highest BCUT2D eigenvalue weighted by atomic mass is 19.1. The van der Waals surface area contributed by atoms with Crippen LogP contribution in [-0.4, -0.2) is 23.1 Å². The molecule has 2 N–H and O–H groups in total. The number of carboxylic acids is 1. The van der Waals surface area contributed by atoms with Gasteiger partial charge in [-0.3, -0.25) is 4.79 Å². The van der Waals surface area contributed by atoms with E-state index in [-0.39, 0.29) is 29.7 Å². The maximum absolute atomic E-state index is 14.2. The molecule has 0 saturated heterocycles. The summed E-state index contributed by atoms with van der Waals surface area (Å²) in [5.74, 6) is -1.63. The summed E-state index contributed by atoms with van der Waals surface area (Å²) >= 11 is 0. The molecule has 6 heteroatoms. The minimum atomic E-state index is -1.02. The van der Waals surface area contributed by atoms with Gasteiger partial charge in [0.2, 0.25) is 5.91 Å². The van der Waals surface area contributed by atoms with Gasteiger partial charge in [0.15, 0.2) is 11.6 Å². The van der Waals surface area contributed by atoms with Crippen LogP contribution in [0.25, 0.3) is 0 Å². The number of carbonyl (C=O) groups is 2. The normalized spacial score (nSPS) is 14.1. The van der Waals surface area contributed by atoms with Crippen molar-refractivity contribution in [2.24, 2.45) is 0 Å². The Morgan fingerprint density at radius 3 is 2.59 bits per heavy atom. The monoisotopic (exact) mass is 371 g/mol. The molecule has 5 nitrogen and oxygen atoms in total. The molecular formula is C21H22FNO4. The Bertz CT molecular complexity index is 831. The first-order valence-corrected chi connectivity index (χ1v) is 9.10. The van der Waals surface area contributed by atoms with Crippen LogP contribution in [0.3, 0.4) is 0 Å². The van der Waals surface area contributed by atoms with E-state index in [1.807, 2.05) is 0 Å². The van der Waals surface area contributed by atoms with Crippen molar-refractivity contribution < 1.29 is 23.8 Å². The predicted octanol–water partition coefficient (Wildman–Crippen LogP) is 4.42. The zero-order valence-corrected chi connectivity index (χ0v) is 14.9. The summed E-state index contributed by atoms with van der Waals surface area (Å²) in [6.45, 7) is 0. The van der Waals surface area contributed by atoms with Gasteiger partial charge in [-0.2, -0.15) is 0 Å². The molecule has 0 aliphatic heterocycles. The molecule has 1 aliphatic rings. The molecule has 1 fully saturated rings. The maximum atomic E-state index is 14.2. The number of benzene rings is 2. The van der Waals surface area contributed by atoms with Crippen LogP contribution >= 0.6 is 0 Å². The molecule has 27 heavy (non-hydrogen) atoms. The van der Waals surface area contributed by atoms with Crippen LogP contribution in [0, 0.1) is 5.82 Å². The van der Waals surface area contributed by atoms with Crippen LogP contribution in [0.15, 0.2) is 42.5 Å². The van der Waals surface area contributed by atoms with Gasteiger partial charge in [-0.05, 0) is 55.9 Å². The van der Waals surface area contributed by atoms with E-state index in [1.165, 1.54) is 18.2 Å². The Balaban J connectivity index is 1.56. The van der Waals surface area contributed by atoms with E-state index in [0.717, 1.165) is 25.7 Å². The first kappa shape index (κ1) is 18.9. The quantitative estimate of drug-likeness (QED) is 0.756. The molecule has 0 bridgehead atoms. The van der Waals surface area contributed by atoms with E-state index in [2.05, 4.69) is 5.32 Å². The summed E-state index contributed by atoms with van der Waals surface area (Å²) in [7, 11) is 0. The summed E-state index contributed by atoms with van der Waals surface area (Å²) < 4.78 is 19.9. The van der Waals surface area contributed by atoms with Crippen molar-refractivity contribution >= 4 is 17.6 Å². The Morgan fingerprint density at radius 2 is 1.89 bits per heavy atom. The van der Waals surface area contributed by atoms with Crippen LogP contribution in [0.4, 0.5) is 10.1 Å². The van der Waals surface area contributed by atoms with Crippen LogP contribution < -0.4 is 10.1 Å². The zero-order chi connectivity index (χ0) is 19.2. The second-order valence-electron chi connectivity index (χ2n) is 6.68. The molecule has 3 rings (SSSR count). The lowest BCUT2D eigenvalue weighted by molar-refractivity contribution is -0.116. The molecule has 0 atom stereocenters. The van der Waals surface area contributed by atoms with Crippen LogP contribution in [0.1, 0.15) is 48.0 Å². The van der Waals surface area contributed by atoms with Gasteiger partial charge in [-0.15, -0.1) is 0 Å². The fourth-order valence-corrected chi connectivity index (χ4v) is 3.28. The van der Waals surface area contributed by atoms with Crippen LogP contribution in [0.2, 0.25) is 0 Å². The third-order valence-electron chi connectivity index (χ3n) is 4.68. The molecule has 0 unspecified atom stereocenters. The molecule has 0 heterocycles. The van der Waals surface area contributed by atoms with Crippen molar-refractivity contribution in [3.05, 3.63) is 59.4 Å². The molecular weight excluding hydrogens is 349 g/mol. The molecule has 0 radical (unpaired) electrons. The van der Waals surface area contributed by atoms with Gasteiger partial charge in [0.1, 0.15) is 0 Å². The summed E-state index contributed by atoms with van der Waals surface area (Å²) in [6.07, 6.45) is 4.54. The zero-order valence-electron chi connectivity index (χ0n) is 14.9. The molecule has 142 valence electrons. The SMILES string of the molecule is O=C(CCc1ccccc1C(=O)O)Nc1ccc(OC2CCCC2)c(F)c1. The number of nitrogens with one attached hydrogen (secondary N) is 1. The first-order chi connectivity index (χ1) is 13.0. The van der Waals surface area contributed by atoms with E-state index in [4.69, 9.17) is 4.74 Å². The van der Waals surface area contributed by atoms with Crippen molar-refractivity contribution in [2.45, 2.75) is 44.6 Å². The largest absolute Gasteiger partial charge is 0.487 e. The fourth-order valence-electron chi connectivity index (χ4n) is 3.28. The Kier molecular flexibility index (Phi) is 6.06. The number of anilines is 1. The Hall–Kier alpha value is -2.89. The average molecular weight is 371 g/mol. The molecule has 2 aromatic carbocycles. The van der Waals surface area contributed by atoms with Crippen molar-refractivity contribution in [3.63, 3.8) is 0 Å². The van der Waals surface area contributed by atoms with Crippen molar-refractivity contribution in [3.8, 4) is 5.75 Å². The van der Waals surface area contributed by atoms with Crippen molar-refractivity contribution in [2.75, 3.05) is 5.32 Å². The third kappa shape index (κ3) is 5.06. The van der Waals surface area contributed by atoms with Crippen molar-refractivity contribution in [1.29, 1.82) is 0 Å². The average Bonchev–Trinajstić information content (AvgIpc) is 3.15. The molecule has 2 aromatic rings. The van der Waals surface area contributed by atoms with Gasteiger partial charge in [0.25, 0.3) is 0 Å². The molecule has 0 spiro atoms. The number of ether oxygens (including phenoxy) is 1. The molecule has 1 amide bonds. The van der Waals surface area contributed by atoms with Crippen LogP contribution in [-0.2, 0) is 11.2 Å². The number of halogens is 1. The van der Waals surface area contributed by atoms with Gasteiger partial charge in [0, 0.05) is 18.2 Å². The van der Waals surface area contributed by atoms with Crippen molar-refractivity contribution in [1.82, 2.24) is 0 Å². The fraction of sp³-hybridized carbons (Fsp3) is 0.333. The first-order valence-electron chi connectivity index (χ1n) is 9.10. The number of aromatic carboxylic acids is 1. The second kappa shape index (κ2) is 8.66. The van der Waals surface area contributed by atoms with Gasteiger partial charge < -0.3 is 15.2 Å². The van der Waals surface area contributed by atoms with Gasteiger partial charge in [-0.1, -0.05) is 18.2 Å². The van der Waals surface area contributed by atoms with E-state index < -0.39 is 11.8 Å². The lowest BCUT2D eigenvalue weighted by atomic mass is 10.0. The second-order valence-corrected chi connectivity index (χ2v) is 6.68. The van der Waals surface area contributed by atoms with Gasteiger partial charge in [-0.25, -0.2) is 9.18 Å². The summed E-state index contributed by atoms with van der Waals surface area (Å²) in [5.41, 5.74) is 1.12. The number of hydrogen-bond donors (Lipinski definition) is 2. The predicted molar refractivity (Wildman–Crippen MR) is 99.6 cm³/mol. The van der Waals surface area contributed by atoms with Crippen LogP contribution in [0.5, 0.6) is 5.75 Å². The highest BCUT2D eigenvalue weighted by Crippen LogP contribution is 2.27. The topological polar surface area (TPSA) is 75.6 Å². The highest BCUT2D eigenvalue weighted by molar-refractivity contribution is 5.92. The number of carbonyl (C=O) groups excluding carboxylic acids is 1. The third-order valence-corrected chi connectivity index (χ3v) is 4.68. The van der Waals surface area contributed by atoms with E-state index >= 15 is 0 Å². The lowest BCUT2D eigenvalue weighted by Gasteiger charge is -2.14. The standard InChI is InChI=1S/C21H22FNO4/c22-18-13-15(10-11-19(18)27-16-6-2-3-7-16)23-20(24)12-9-14-5-1-4-8-17(14)21(25)26/h1,4-5,8,10-11,13,16H,2-3,6-7,9,12H2,(H,23,24)(H,25,26). The smallest absolute Gasteiger partial charge is 0.335 e. The maximum Gasteiger partial charge on any atom is 0.335 e. The number of hydrogen-bond acceptors (Lipinski definition) is 3. The Labute approximate surface area is 157 Å². The summed E-state index contributed by atoms with van der Waals surface area (Å²) in [5, 5.41) is 11.8. The molecule has 0 aromatic heterocycles. The summed E-state index contributed by atoms with van der Waals surface area (Å²) in [4.78, 5) is 23.3. The minimum Gasteiger partial charge on any atom is -0.487 e. The molecule has 1 aliphatic carbocycles. The van der Waals surface area contributed by atoms with E-state index in [0.29, 0.717) is 17.7 Å². The number of carboxylic acid groups (broad SMARTS) is 1. The summed E-state index contributed by atoms with van der Waals surface area (Å²) in [6, 6.07) is 11.0. The van der Waals surface area contributed by atoms with Gasteiger partial charge >= 0.3 is 5.97 Å². The minimum absolute atomic E-state index is 0.0641. The number of amides is 1. The molecule has 1 saturated carbocycles. The lowest BCUT2D eigenvalue weighted by Crippen LogP contribution is -2.14. The van der Waals surface area contributed by atoms with E-state index in [1.54, 1.807) is 24.3 Å². The Morgan fingerprint density at radius 1 is 1.15 bits per heavy atom. The number of aryl methyl sites for hydroxylation is 1. The number of rotatable bonds is 7. The van der Waals surface area contributed by atoms with E-state index in [9.17, 15) is 19.1 Å². The highest BCUT2D eigenvalue weighted by Gasteiger charge is 2.18.